The summed E-state index contributed by atoms with van der Waals surface area (Å²) in [7, 11) is 1.88. The van der Waals surface area contributed by atoms with Crippen molar-refractivity contribution in [2.75, 3.05) is 32.4 Å². The van der Waals surface area contributed by atoms with E-state index in [0.717, 1.165) is 5.56 Å². The second-order valence-electron chi connectivity index (χ2n) is 8.87. The average molecular weight is 469 g/mol. The summed E-state index contributed by atoms with van der Waals surface area (Å²) in [6, 6.07) is 9.83. The number of hydrogen-bond acceptors (Lipinski definition) is 8. The van der Waals surface area contributed by atoms with Gasteiger partial charge in [0, 0.05) is 32.3 Å². The molecule has 0 unspecified atom stereocenters. The molecular formula is C24H32N6O4. The number of nitrogens with zero attached hydrogens (tertiary/aromatic N) is 4. The number of carbonyl (C=O) groups excluding carboxylic acids is 1. The number of anilines is 1. The van der Waals surface area contributed by atoms with Gasteiger partial charge in [-0.25, -0.2) is 9.97 Å². The molecule has 0 bridgehead atoms. The molecule has 0 saturated carbocycles. The van der Waals surface area contributed by atoms with Crippen molar-refractivity contribution in [3.05, 3.63) is 54.0 Å². The molecule has 3 aromatic rings. The minimum atomic E-state index is -1.14. The number of fused-ring (bicyclic) bond motifs is 1. The number of aryl methyl sites for hydroxylation is 2. The third-order valence-electron chi connectivity index (χ3n) is 6.17. The van der Waals surface area contributed by atoms with Gasteiger partial charge in [0.2, 0.25) is 5.91 Å². The Morgan fingerprint density at radius 1 is 1.21 bits per heavy atom. The number of amides is 1. The largest absolute Gasteiger partial charge is 0.397 e. The Bertz CT molecular complexity index is 1120. The molecule has 3 heterocycles. The van der Waals surface area contributed by atoms with Crippen LogP contribution in [0, 0.1) is 6.92 Å². The molecule has 4 atom stereocenters. The van der Waals surface area contributed by atoms with Crippen molar-refractivity contribution in [1.82, 2.24) is 24.8 Å². The van der Waals surface area contributed by atoms with Crippen LogP contribution in [0.3, 0.4) is 0 Å². The van der Waals surface area contributed by atoms with Crippen molar-refractivity contribution in [3.8, 4) is 0 Å². The molecule has 34 heavy (non-hydrogen) atoms. The van der Waals surface area contributed by atoms with Crippen LogP contribution in [-0.2, 0) is 16.0 Å². The number of pyridine rings is 1. The minimum Gasteiger partial charge on any atom is -0.397 e. The van der Waals surface area contributed by atoms with E-state index in [0.29, 0.717) is 49.3 Å². The van der Waals surface area contributed by atoms with Crippen molar-refractivity contribution < 1.29 is 19.7 Å². The molecule has 1 fully saturated rings. The predicted octanol–water partition coefficient (Wildman–Crippen LogP) is 0.622. The van der Waals surface area contributed by atoms with Crippen LogP contribution >= 0.6 is 0 Å². The van der Waals surface area contributed by atoms with Gasteiger partial charge in [-0.15, -0.1) is 0 Å². The third-order valence-corrected chi connectivity index (χ3v) is 6.17. The Morgan fingerprint density at radius 3 is 2.74 bits per heavy atom. The highest BCUT2D eigenvalue weighted by atomic mass is 16.6. The molecule has 0 aliphatic carbocycles. The molecule has 5 N–H and O–H groups in total. The highest BCUT2D eigenvalue weighted by Crippen LogP contribution is 2.32. The number of aromatic nitrogens is 3. The van der Waals surface area contributed by atoms with E-state index in [9.17, 15) is 15.0 Å². The molecule has 1 aliphatic heterocycles. The van der Waals surface area contributed by atoms with Gasteiger partial charge in [0.15, 0.2) is 11.9 Å². The van der Waals surface area contributed by atoms with Crippen LogP contribution in [0.4, 0.5) is 5.69 Å². The van der Waals surface area contributed by atoms with Gasteiger partial charge >= 0.3 is 0 Å². The Hall–Kier alpha value is -3.05. The van der Waals surface area contributed by atoms with Crippen LogP contribution in [-0.4, -0.2) is 80.5 Å². The molecule has 1 amide bonds. The number of rotatable bonds is 9. The topological polar surface area (TPSA) is 139 Å². The first kappa shape index (κ1) is 24.1. The van der Waals surface area contributed by atoms with Crippen molar-refractivity contribution in [1.29, 1.82) is 0 Å². The lowest BCUT2D eigenvalue weighted by Crippen LogP contribution is -2.41. The minimum absolute atomic E-state index is 0.000344. The highest BCUT2D eigenvalue weighted by molar-refractivity contribution is 5.83. The summed E-state index contributed by atoms with van der Waals surface area (Å²) in [5.41, 5.74) is 9.77. The SMILES string of the molecule is Cc1ccc(CCC(=O)NCCN(C)C[C@H]2O[C@@H](n3cnc4c(N)ccnc43)[C@H](O)[C@@H]2O)cc1. The first-order valence-electron chi connectivity index (χ1n) is 11.4. The molecule has 4 rings (SSSR count). The lowest BCUT2D eigenvalue weighted by molar-refractivity contribution is -0.121. The lowest BCUT2D eigenvalue weighted by Gasteiger charge is -2.22. The van der Waals surface area contributed by atoms with Crippen LogP contribution in [0.15, 0.2) is 42.9 Å². The summed E-state index contributed by atoms with van der Waals surface area (Å²) in [6.07, 6.45) is 0.557. The van der Waals surface area contributed by atoms with Gasteiger partial charge in [0.1, 0.15) is 23.8 Å². The number of likely N-dealkylation sites (N-methyl/N-ethyl adjacent to an activating group) is 1. The third kappa shape index (κ3) is 5.36. The summed E-state index contributed by atoms with van der Waals surface area (Å²) in [5.74, 6) is 0.000344. The zero-order valence-corrected chi connectivity index (χ0v) is 19.5. The summed E-state index contributed by atoms with van der Waals surface area (Å²) >= 11 is 0. The zero-order valence-electron chi connectivity index (χ0n) is 19.5. The molecule has 1 aliphatic rings. The number of hydrogen-bond donors (Lipinski definition) is 4. The van der Waals surface area contributed by atoms with E-state index in [-0.39, 0.29) is 5.91 Å². The number of benzene rings is 1. The molecular weight excluding hydrogens is 436 g/mol. The van der Waals surface area contributed by atoms with Gasteiger partial charge in [-0.2, -0.15) is 0 Å². The number of nitrogen functional groups attached to an aromatic ring is 1. The zero-order chi connectivity index (χ0) is 24.2. The van der Waals surface area contributed by atoms with Crippen LogP contribution in [0.2, 0.25) is 0 Å². The van der Waals surface area contributed by atoms with Crippen LogP contribution in [0.25, 0.3) is 11.2 Å². The van der Waals surface area contributed by atoms with E-state index in [2.05, 4.69) is 15.3 Å². The molecule has 0 radical (unpaired) electrons. The Morgan fingerprint density at radius 2 is 1.97 bits per heavy atom. The lowest BCUT2D eigenvalue weighted by atomic mass is 10.1. The monoisotopic (exact) mass is 468 g/mol. The standard InChI is InChI=1S/C24H32N6O4/c1-15-3-5-16(6-4-15)7-8-19(31)26-11-12-29(2)13-18-21(32)22(33)24(34-18)30-14-28-20-17(25)9-10-27-23(20)30/h3-6,9-10,14,18,21-22,24,32-33H,7-8,11-13H2,1-2H3,(H2,25,27)(H,26,31)/t18-,21-,22-,24-/m1/s1. The smallest absolute Gasteiger partial charge is 0.220 e. The molecule has 10 nitrogen and oxygen atoms in total. The molecule has 1 saturated heterocycles. The quantitative estimate of drug-likeness (QED) is 0.359. The number of nitrogens with two attached hydrogens (primary N) is 1. The summed E-state index contributed by atoms with van der Waals surface area (Å²) in [6.45, 7) is 3.48. The predicted molar refractivity (Wildman–Crippen MR) is 128 cm³/mol. The van der Waals surface area contributed by atoms with Crippen molar-refractivity contribution in [2.45, 2.75) is 44.3 Å². The van der Waals surface area contributed by atoms with Crippen molar-refractivity contribution >= 4 is 22.8 Å². The van der Waals surface area contributed by atoms with Crippen molar-refractivity contribution in [3.63, 3.8) is 0 Å². The number of ether oxygens (including phenoxy) is 1. The number of aliphatic hydroxyl groups excluding tert-OH is 2. The van der Waals surface area contributed by atoms with Gasteiger partial charge in [-0.05, 0) is 32.0 Å². The van der Waals surface area contributed by atoms with Gasteiger partial charge in [0.25, 0.3) is 0 Å². The fourth-order valence-electron chi connectivity index (χ4n) is 4.13. The average Bonchev–Trinajstić information content (AvgIpc) is 3.36. The number of aliphatic hydroxyl groups is 2. The van der Waals surface area contributed by atoms with E-state index in [1.807, 2.05) is 43.1 Å². The number of imidazole rings is 1. The summed E-state index contributed by atoms with van der Waals surface area (Å²) in [4.78, 5) is 22.6. The van der Waals surface area contributed by atoms with Crippen molar-refractivity contribution in [2.24, 2.45) is 0 Å². The fraction of sp³-hybridized carbons (Fsp3) is 0.458. The van der Waals surface area contributed by atoms with Gasteiger partial charge in [0.05, 0.1) is 12.0 Å². The van der Waals surface area contributed by atoms with E-state index >= 15 is 0 Å². The van der Waals surface area contributed by atoms with Crippen LogP contribution in [0.1, 0.15) is 23.8 Å². The maximum Gasteiger partial charge on any atom is 0.220 e. The first-order chi connectivity index (χ1) is 16.3. The van der Waals surface area contributed by atoms with E-state index in [1.165, 1.54) is 11.9 Å². The van der Waals surface area contributed by atoms with Gasteiger partial charge < -0.3 is 30.9 Å². The second kappa shape index (κ2) is 10.5. The molecule has 1 aromatic carbocycles. The first-order valence-corrected chi connectivity index (χ1v) is 11.4. The Balaban J connectivity index is 1.24. The molecule has 182 valence electrons. The van der Waals surface area contributed by atoms with E-state index in [4.69, 9.17) is 10.5 Å². The maximum atomic E-state index is 12.2. The molecule has 10 heteroatoms. The normalized spacial score (nSPS) is 22.5. The summed E-state index contributed by atoms with van der Waals surface area (Å²) in [5, 5.41) is 24.1. The molecule has 2 aromatic heterocycles. The van der Waals surface area contributed by atoms with E-state index in [1.54, 1.807) is 16.8 Å². The Labute approximate surface area is 198 Å². The second-order valence-corrected chi connectivity index (χ2v) is 8.87. The Kier molecular flexibility index (Phi) is 7.42. The van der Waals surface area contributed by atoms with Gasteiger partial charge in [-0.3, -0.25) is 9.36 Å². The fourth-order valence-corrected chi connectivity index (χ4v) is 4.13. The highest BCUT2D eigenvalue weighted by Gasteiger charge is 2.44. The molecule has 0 spiro atoms. The van der Waals surface area contributed by atoms with Crippen LogP contribution < -0.4 is 11.1 Å². The number of carbonyl (C=O) groups is 1. The van der Waals surface area contributed by atoms with Gasteiger partial charge in [-0.1, -0.05) is 29.8 Å². The summed E-state index contributed by atoms with van der Waals surface area (Å²) < 4.78 is 7.58. The van der Waals surface area contributed by atoms with E-state index < -0.39 is 24.5 Å². The van der Waals surface area contributed by atoms with Crippen LogP contribution in [0.5, 0.6) is 0 Å². The number of nitrogens with one attached hydrogen (secondary N) is 1. The maximum absolute atomic E-state index is 12.2.